The van der Waals surface area contributed by atoms with Gasteiger partial charge < -0.3 is 24.8 Å². The van der Waals surface area contributed by atoms with Gasteiger partial charge in [0.2, 0.25) is 0 Å². The lowest BCUT2D eigenvalue weighted by atomic mass is 10.5. The molecule has 88 valence electrons. The Morgan fingerprint density at radius 3 is 1.87 bits per heavy atom. The molecule has 2 saturated heterocycles. The molecule has 6 heteroatoms. The van der Waals surface area contributed by atoms with Gasteiger partial charge in [0.15, 0.2) is 0 Å². The van der Waals surface area contributed by atoms with Crippen LogP contribution in [0.15, 0.2) is 0 Å². The van der Waals surface area contributed by atoms with Gasteiger partial charge in [-0.3, -0.25) is 0 Å². The van der Waals surface area contributed by atoms with Crippen molar-refractivity contribution in [2.24, 2.45) is 0 Å². The van der Waals surface area contributed by atoms with E-state index in [4.69, 9.17) is 14.6 Å². The van der Waals surface area contributed by atoms with Crippen LogP contribution in [0.2, 0.25) is 0 Å². The highest BCUT2D eigenvalue weighted by Crippen LogP contribution is 1.95. The van der Waals surface area contributed by atoms with Crippen molar-refractivity contribution in [1.29, 1.82) is 0 Å². The Morgan fingerprint density at radius 1 is 1.07 bits per heavy atom. The third-order valence-electron chi connectivity index (χ3n) is 2.13. The second kappa shape index (κ2) is 7.44. The summed E-state index contributed by atoms with van der Waals surface area (Å²) in [4.78, 5) is 11.6. The fourth-order valence-electron chi connectivity index (χ4n) is 1.27. The number of carbonyl (C=O) groups is 1. The largest absolute Gasteiger partial charge is 0.465 e. The van der Waals surface area contributed by atoms with Crippen LogP contribution in [0.5, 0.6) is 0 Å². The monoisotopic (exact) mass is 218 g/mol. The average Bonchev–Trinajstić information content (AvgIpc) is 2.33. The van der Waals surface area contributed by atoms with Crippen LogP contribution in [0.25, 0.3) is 0 Å². The van der Waals surface area contributed by atoms with Crippen molar-refractivity contribution in [3.63, 3.8) is 0 Å². The number of amides is 1. The molecule has 0 aliphatic carbocycles. The van der Waals surface area contributed by atoms with E-state index in [1.807, 2.05) is 0 Å². The van der Waals surface area contributed by atoms with Gasteiger partial charge in [-0.2, -0.15) is 0 Å². The average molecular weight is 218 g/mol. The van der Waals surface area contributed by atoms with Gasteiger partial charge in [-0.1, -0.05) is 0 Å². The molecule has 0 aromatic carbocycles. The van der Waals surface area contributed by atoms with E-state index in [9.17, 15) is 4.79 Å². The number of nitrogens with zero attached hydrogens (tertiary/aromatic N) is 1. The normalized spacial score (nSPS) is 21.5. The van der Waals surface area contributed by atoms with Gasteiger partial charge in [-0.15, -0.1) is 0 Å². The van der Waals surface area contributed by atoms with E-state index in [-0.39, 0.29) is 0 Å². The van der Waals surface area contributed by atoms with Crippen LogP contribution >= 0.6 is 0 Å². The van der Waals surface area contributed by atoms with Gasteiger partial charge in [-0.05, 0) is 0 Å². The van der Waals surface area contributed by atoms with Gasteiger partial charge in [0.05, 0.1) is 26.4 Å². The van der Waals surface area contributed by atoms with Crippen molar-refractivity contribution >= 4 is 6.09 Å². The summed E-state index contributed by atoms with van der Waals surface area (Å²) in [6.45, 7) is 5.92. The fraction of sp³-hybridized carbons (Fsp3) is 0.889. The topological polar surface area (TPSA) is 71.0 Å². The third kappa shape index (κ3) is 5.56. The number of hydrogen-bond donors (Lipinski definition) is 2. The van der Waals surface area contributed by atoms with Crippen molar-refractivity contribution in [2.75, 3.05) is 52.6 Å². The molecule has 0 atom stereocenters. The zero-order chi connectivity index (χ0) is 10.9. The molecule has 1 amide bonds. The van der Waals surface area contributed by atoms with Crippen LogP contribution < -0.4 is 5.32 Å². The predicted octanol–water partition coefficient (Wildman–Crippen LogP) is -0.397. The number of carboxylic acid groups (broad SMARTS) is 1. The molecule has 0 aromatic rings. The summed E-state index contributed by atoms with van der Waals surface area (Å²) in [5.74, 6) is 0. The van der Waals surface area contributed by atoms with Crippen LogP contribution in [-0.2, 0) is 9.47 Å². The van der Waals surface area contributed by atoms with Gasteiger partial charge in [0.25, 0.3) is 0 Å². The summed E-state index contributed by atoms with van der Waals surface area (Å²) in [6.07, 6.45) is -0.849. The van der Waals surface area contributed by atoms with Crippen LogP contribution in [0, 0.1) is 0 Å². The molecule has 0 bridgehead atoms. The molecule has 2 heterocycles. The van der Waals surface area contributed by atoms with Crippen molar-refractivity contribution < 1.29 is 19.4 Å². The van der Waals surface area contributed by atoms with Crippen LogP contribution in [0.3, 0.4) is 0 Å². The molecule has 0 aromatic heterocycles. The molecule has 2 rings (SSSR count). The van der Waals surface area contributed by atoms with E-state index >= 15 is 0 Å². The maximum Gasteiger partial charge on any atom is 0.407 e. The first-order valence-corrected chi connectivity index (χ1v) is 5.15. The number of ether oxygens (including phenoxy) is 2. The van der Waals surface area contributed by atoms with Crippen LogP contribution in [0.1, 0.15) is 0 Å². The number of hydrogen-bond acceptors (Lipinski definition) is 4. The van der Waals surface area contributed by atoms with Crippen LogP contribution in [-0.4, -0.2) is 68.7 Å². The number of rotatable bonds is 0. The Bertz CT molecular complexity index is 167. The molecular formula is C9H18N2O4. The molecule has 2 aliphatic heterocycles. The first-order valence-electron chi connectivity index (χ1n) is 5.15. The van der Waals surface area contributed by atoms with Gasteiger partial charge >= 0.3 is 6.09 Å². The maximum absolute atomic E-state index is 10.2. The highest BCUT2D eigenvalue weighted by molar-refractivity contribution is 5.64. The standard InChI is InChI=1S/C5H9NO3.C4H9NO/c7-5(8)6-1-3-9-4-2-6;1-3-6-4-2-5-1/h1-4H2,(H,7,8);5H,1-4H2. The molecule has 0 radical (unpaired) electrons. The van der Waals surface area contributed by atoms with Gasteiger partial charge in [0, 0.05) is 26.2 Å². The second-order valence-electron chi connectivity index (χ2n) is 3.24. The molecule has 0 unspecified atom stereocenters. The molecule has 2 aliphatic rings. The lowest BCUT2D eigenvalue weighted by Gasteiger charge is -2.23. The predicted molar refractivity (Wildman–Crippen MR) is 54.1 cm³/mol. The van der Waals surface area contributed by atoms with Crippen molar-refractivity contribution in [1.82, 2.24) is 10.2 Å². The summed E-state index contributed by atoms with van der Waals surface area (Å²) < 4.78 is 9.95. The quantitative estimate of drug-likeness (QED) is 0.579. The lowest BCUT2D eigenvalue weighted by Crippen LogP contribution is -2.39. The van der Waals surface area contributed by atoms with Crippen molar-refractivity contribution in [3.8, 4) is 0 Å². The zero-order valence-electron chi connectivity index (χ0n) is 8.78. The first kappa shape index (κ1) is 12.2. The zero-order valence-corrected chi connectivity index (χ0v) is 8.78. The van der Waals surface area contributed by atoms with Gasteiger partial charge in [0.1, 0.15) is 0 Å². The Hall–Kier alpha value is -0.850. The highest BCUT2D eigenvalue weighted by atomic mass is 16.5. The van der Waals surface area contributed by atoms with E-state index in [2.05, 4.69) is 5.32 Å². The minimum atomic E-state index is -0.849. The minimum absolute atomic E-state index is 0.509. The van der Waals surface area contributed by atoms with E-state index < -0.39 is 6.09 Å². The summed E-state index contributed by atoms with van der Waals surface area (Å²) >= 11 is 0. The summed E-state index contributed by atoms with van der Waals surface area (Å²) in [5, 5.41) is 11.6. The second-order valence-corrected chi connectivity index (χ2v) is 3.24. The Kier molecular flexibility index (Phi) is 6.06. The number of nitrogens with one attached hydrogen (secondary N) is 1. The third-order valence-corrected chi connectivity index (χ3v) is 2.13. The molecule has 2 fully saturated rings. The van der Waals surface area contributed by atoms with E-state index in [0.717, 1.165) is 26.3 Å². The summed E-state index contributed by atoms with van der Waals surface area (Å²) in [6, 6.07) is 0. The van der Waals surface area contributed by atoms with Crippen molar-refractivity contribution in [3.05, 3.63) is 0 Å². The summed E-state index contributed by atoms with van der Waals surface area (Å²) in [7, 11) is 0. The maximum atomic E-state index is 10.2. The van der Waals surface area contributed by atoms with E-state index in [1.54, 1.807) is 0 Å². The molecule has 2 N–H and O–H groups in total. The molecule has 6 nitrogen and oxygen atoms in total. The minimum Gasteiger partial charge on any atom is -0.465 e. The Balaban J connectivity index is 0.000000162. The van der Waals surface area contributed by atoms with E-state index in [1.165, 1.54) is 4.90 Å². The Labute approximate surface area is 89.1 Å². The SMILES string of the molecule is C1COCCN1.O=C(O)N1CCOCC1. The number of morpholine rings is 2. The smallest absolute Gasteiger partial charge is 0.407 e. The fourth-order valence-corrected chi connectivity index (χ4v) is 1.27. The molecule has 15 heavy (non-hydrogen) atoms. The lowest BCUT2D eigenvalue weighted by molar-refractivity contribution is 0.0392. The molecule has 0 spiro atoms. The molecule has 0 saturated carbocycles. The van der Waals surface area contributed by atoms with Crippen LogP contribution in [0.4, 0.5) is 4.79 Å². The molecular weight excluding hydrogens is 200 g/mol. The summed E-state index contributed by atoms with van der Waals surface area (Å²) in [5.41, 5.74) is 0. The first-order chi connectivity index (χ1) is 7.30. The van der Waals surface area contributed by atoms with Gasteiger partial charge in [-0.25, -0.2) is 4.79 Å². The Morgan fingerprint density at radius 2 is 1.60 bits per heavy atom. The highest BCUT2D eigenvalue weighted by Gasteiger charge is 2.14. The van der Waals surface area contributed by atoms with Crippen molar-refractivity contribution in [2.45, 2.75) is 0 Å². The van der Waals surface area contributed by atoms with E-state index in [0.29, 0.717) is 26.3 Å².